The second-order valence-electron chi connectivity index (χ2n) is 7.03. The summed E-state index contributed by atoms with van der Waals surface area (Å²) >= 11 is 0. The van der Waals surface area contributed by atoms with Gasteiger partial charge in [-0.15, -0.1) is 0 Å². The van der Waals surface area contributed by atoms with E-state index in [1.54, 1.807) is 12.1 Å². The number of nitrogens with one attached hydrogen (secondary N) is 2. The highest BCUT2D eigenvalue weighted by molar-refractivity contribution is 5.66. The molecule has 0 aliphatic heterocycles. The van der Waals surface area contributed by atoms with Crippen molar-refractivity contribution in [3.63, 3.8) is 0 Å². The average Bonchev–Trinajstić information content (AvgIpc) is 2.62. The van der Waals surface area contributed by atoms with E-state index in [0.717, 1.165) is 11.4 Å². The van der Waals surface area contributed by atoms with E-state index in [4.69, 9.17) is 5.26 Å². The van der Waals surface area contributed by atoms with Gasteiger partial charge in [0.05, 0.1) is 11.6 Å². The lowest BCUT2D eigenvalue weighted by molar-refractivity contribution is 0.592. The van der Waals surface area contributed by atoms with Crippen LogP contribution >= 0.6 is 0 Å². The molecule has 0 radical (unpaired) electrons. The van der Waals surface area contributed by atoms with Gasteiger partial charge in [-0.3, -0.25) is 0 Å². The fourth-order valence-electron chi connectivity index (χ4n) is 2.69. The van der Waals surface area contributed by atoms with Crippen LogP contribution in [0.4, 0.5) is 23.0 Å². The summed E-state index contributed by atoms with van der Waals surface area (Å²) in [5.41, 5.74) is 3.67. The first kappa shape index (κ1) is 17.4. The van der Waals surface area contributed by atoms with Gasteiger partial charge in [-0.1, -0.05) is 45.0 Å². The van der Waals surface area contributed by atoms with Gasteiger partial charge in [0.15, 0.2) is 0 Å². The van der Waals surface area contributed by atoms with Gasteiger partial charge in [-0.05, 0) is 35.2 Å². The van der Waals surface area contributed by atoms with Crippen LogP contribution in [0.25, 0.3) is 0 Å². The van der Waals surface area contributed by atoms with Crippen molar-refractivity contribution in [3.05, 3.63) is 72.1 Å². The minimum absolute atomic E-state index is 0.0233. The molecule has 2 N–H and O–H groups in total. The summed E-state index contributed by atoms with van der Waals surface area (Å²) in [5.74, 6) is 1.36. The van der Waals surface area contributed by atoms with Gasteiger partial charge in [0, 0.05) is 17.4 Å². The molecule has 0 amide bonds. The monoisotopic (exact) mass is 343 g/mol. The number of hydrogen-bond acceptors (Lipinski definition) is 5. The van der Waals surface area contributed by atoms with Crippen molar-refractivity contribution in [1.29, 1.82) is 5.26 Å². The Morgan fingerprint density at radius 1 is 0.885 bits per heavy atom. The zero-order valence-corrected chi connectivity index (χ0v) is 15.1. The highest BCUT2D eigenvalue weighted by Gasteiger charge is 2.17. The van der Waals surface area contributed by atoms with Gasteiger partial charge < -0.3 is 10.6 Å². The molecule has 26 heavy (non-hydrogen) atoms. The van der Waals surface area contributed by atoms with E-state index in [1.165, 1.54) is 11.9 Å². The molecular formula is C21H21N5. The Balaban J connectivity index is 1.84. The third-order valence-corrected chi connectivity index (χ3v) is 3.93. The van der Waals surface area contributed by atoms with Crippen molar-refractivity contribution in [2.75, 3.05) is 10.6 Å². The molecule has 0 aliphatic rings. The molecule has 130 valence electrons. The second kappa shape index (κ2) is 7.24. The van der Waals surface area contributed by atoms with Gasteiger partial charge >= 0.3 is 0 Å². The fraction of sp³-hybridized carbons (Fsp3) is 0.190. The molecule has 1 aromatic heterocycles. The highest BCUT2D eigenvalue weighted by atomic mass is 15.1. The fourth-order valence-corrected chi connectivity index (χ4v) is 2.69. The van der Waals surface area contributed by atoms with E-state index in [1.807, 2.05) is 36.4 Å². The number of para-hydroxylation sites is 1. The number of benzene rings is 2. The van der Waals surface area contributed by atoms with E-state index >= 15 is 0 Å². The molecular weight excluding hydrogens is 322 g/mol. The van der Waals surface area contributed by atoms with Gasteiger partial charge in [0.1, 0.15) is 18.0 Å². The van der Waals surface area contributed by atoms with Crippen molar-refractivity contribution in [1.82, 2.24) is 9.97 Å². The summed E-state index contributed by atoms with van der Waals surface area (Å²) in [5, 5.41) is 15.6. The Hall–Kier alpha value is -3.39. The molecule has 1 heterocycles. The summed E-state index contributed by atoms with van der Waals surface area (Å²) < 4.78 is 0. The quantitative estimate of drug-likeness (QED) is 0.687. The topological polar surface area (TPSA) is 73.6 Å². The van der Waals surface area contributed by atoms with E-state index in [9.17, 15) is 0 Å². The molecule has 3 aromatic rings. The highest BCUT2D eigenvalue weighted by Crippen LogP contribution is 2.31. The Labute approximate surface area is 153 Å². The average molecular weight is 343 g/mol. The maximum absolute atomic E-state index is 9.01. The molecule has 5 nitrogen and oxygen atoms in total. The lowest BCUT2D eigenvalue weighted by atomic mass is 9.86. The molecule has 0 atom stereocenters. The predicted molar refractivity (Wildman–Crippen MR) is 105 cm³/mol. The van der Waals surface area contributed by atoms with Crippen molar-refractivity contribution in [3.8, 4) is 6.07 Å². The summed E-state index contributed by atoms with van der Waals surface area (Å²) in [6.07, 6.45) is 1.51. The third kappa shape index (κ3) is 4.17. The van der Waals surface area contributed by atoms with Crippen LogP contribution < -0.4 is 10.6 Å². The van der Waals surface area contributed by atoms with Crippen molar-refractivity contribution < 1.29 is 0 Å². The lowest BCUT2D eigenvalue weighted by Crippen LogP contribution is -2.13. The first-order chi connectivity index (χ1) is 12.5. The summed E-state index contributed by atoms with van der Waals surface area (Å²) in [7, 11) is 0. The van der Waals surface area contributed by atoms with Gasteiger partial charge in [0.2, 0.25) is 0 Å². The molecule has 0 saturated heterocycles. The normalized spacial score (nSPS) is 10.8. The first-order valence-corrected chi connectivity index (χ1v) is 8.41. The van der Waals surface area contributed by atoms with Crippen molar-refractivity contribution >= 4 is 23.0 Å². The molecule has 3 rings (SSSR count). The number of hydrogen-bond donors (Lipinski definition) is 2. The maximum Gasteiger partial charge on any atom is 0.135 e. The zero-order chi connectivity index (χ0) is 18.6. The van der Waals surface area contributed by atoms with Crippen LogP contribution in [0.5, 0.6) is 0 Å². The van der Waals surface area contributed by atoms with Crippen LogP contribution in [-0.2, 0) is 5.41 Å². The van der Waals surface area contributed by atoms with Crippen LogP contribution in [0.2, 0.25) is 0 Å². The first-order valence-electron chi connectivity index (χ1n) is 8.41. The Morgan fingerprint density at radius 3 is 2.35 bits per heavy atom. The molecule has 0 fully saturated rings. The Bertz CT molecular complexity index is 951. The number of nitriles is 1. The zero-order valence-electron chi connectivity index (χ0n) is 15.1. The van der Waals surface area contributed by atoms with E-state index < -0.39 is 0 Å². The molecule has 0 aliphatic carbocycles. The Morgan fingerprint density at radius 2 is 1.62 bits per heavy atom. The molecule has 0 saturated carbocycles. The van der Waals surface area contributed by atoms with Crippen LogP contribution in [0, 0.1) is 11.3 Å². The van der Waals surface area contributed by atoms with Gasteiger partial charge in [-0.2, -0.15) is 5.26 Å². The van der Waals surface area contributed by atoms with Crippen molar-refractivity contribution in [2.24, 2.45) is 0 Å². The third-order valence-electron chi connectivity index (χ3n) is 3.93. The summed E-state index contributed by atoms with van der Waals surface area (Å²) in [6, 6.07) is 19.5. The Kier molecular flexibility index (Phi) is 4.85. The lowest BCUT2D eigenvalue weighted by Gasteiger charge is -2.23. The predicted octanol–water partition coefficient (Wildman–Crippen LogP) is 5.13. The molecule has 2 aromatic carbocycles. The minimum Gasteiger partial charge on any atom is -0.340 e. The van der Waals surface area contributed by atoms with E-state index in [2.05, 4.69) is 53.5 Å². The smallest absolute Gasteiger partial charge is 0.135 e. The number of nitrogens with zero attached hydrogens (tertiary/aromatic N) is 3. The molecule has 0 bridgehead atoms. The largest absolute Gasteiger partial charge is 0.340 e. The van der Waals surface area contributed by atoms with Gasteiger partial charge in [-0.25, -0.2) is 9.97 Å². The SMILES string of the molecule is CC(C)(C)c1ccccc1Nc1cc(Nc2cccc(C#N)c2)ncn1. The molecule has 5 heteroatoms. The number of rotatable bonds is 4. The van der Waals surface area contributed by atoms with E-state index in [0.29, 0.717) is 17.2 Å². The maximum atomic E-state index is 9.01. The minimum atomic E-state index is 0.0233. The van der Waals surface area contributed by atoms with Crippen LogP contribution in [-0.4, -0.2) is 9.97 Å². The molecule has 0 spiro atoms. The molecule has 0 unspecified atom stereocenters. The van der Waals surface area contributed by atoms with E-state index in [-0.39, 0.29) is 5.41 Å². The van der Waals surface area contributed by atoms with Crippen LogP contribution in [0.1, 0.15) is 31.9 Å². The van der Waals surface area contributed by atoms with Gasteiger partial charge in [0.25, 0.3) is 0 Å². The standard InChI is InChI=1S/C21H21N5/c1-21(2,3)17-9-4-5-10-18(17)26-20-12-19(23-14-24-20)25-16-8-6-7-15(11-16)13-22/h4-12,14H,1-3H3,(H2,23,24,25,26). The number of aromatic nitrogens is 2. The summed E-state index contributed by atoms with van der Waals surface area (Å²) in [6.45, 7) is 6.55. The van der Waals surface area contributed by atoms with Crippen LogP contribution in [0.15, 0.2) is 60.9 Å². The van der Waals surface area contributed by atoms with Crippen molar-refractivity contribution in [2.45, 2.75) is 26.2 Å². The second-order valence-corrected chi connectivity index (χ2v) is 7.03. The summed E-state index contributed by atoms with van der Waals surface area (Å²) in [4.78, 5) is 8.58. The van der Waals surface area contributed by atoms with Crippen LogP contribution in [0.3, 0.4) is 0 Å². The number of anilines is 4.